The molecule has 5 heterocycles. The molecule has 3 aromatic rings. The Balaban J connectivity index is 1.70. The second-order valence-corrected chi connectivity index (χ2v) is 9.85. The van der Waals surface area contributed by atoms with E-state index in [9.17, 15) is 14.7 Å². The number of rotatable bonds is 2. The Hall–Kier alpha value is -4.00. The topological polar surface area (TPSA) is 114 Å². The van der Waals surface area contributed by atoms with E-state index in [1.54, 1.807) is 0 Å². The lowest BCUT2D eigenvalue weighted by Gasteiger charge is -2.15. The van der Waals surface area contributed by atoms with Crippen LogP contribution in [0.25, 0.3) is 23.8 Å². The molecule has 5 N–H and O–H groups in total. The van der Waals surface area contributed by atoms with E-state index in [4.69, 9.17) is 0 Å². The van der Waals surface area contributed by atoms with E-state index in [1.807, 2.05) is 25.1 Å². The number of H-pyrrole nitrogens is 3. The van der Waals surface area contributed by atoms with Gasteiger partial charge in [-0.1, -0.05) is 20.8 Å². The number of carboxylic acid groups (broad SMARTS) is 1. The van der Waals surface area contributed by atoms with Crippen LogP contribution in [-0.4, -0.2) is 31.8 Å². The highest BCUT2D eigenvalue weighted by molar-refractivity contribution is 6.24. The predicted octanol–water partition coefficient (Wildman–Crippen LogP) is 3.04. The molecule has 0 aromatic carbocycles. The number of nitrogens with one attached hydrogen (secondary N) is 4. The number of ketones is 1. The van der Waals surface area contributed by atoms with Gasteiger partial charge in [-0.25, -0.2) is 0 Å². The lowest BCUT2D eigenvalue weighted by atomic mass is 9.89. The highest BCUT2D eigenvalue weighted by Crippen LogP contribution is 2.46. The highest BCUT2D eigenvalue weighted by Gasteiger charge is 2.47. The van der Waals surface area contributed by atoms with Crippen LogP contribution >= 0.6 is 0 Å². The second kappa shape index (κ2) is 7.50. The van der Waals surface area contributed by atoms with Gasteiger partial charge < -0.3 is 25.4 Å². The normalized spacial score (nSPS) is 28.1. The van der Waals surface area contributed by atoms with Crippen molar-refractivity contribution >= 4 is 35.6 Å². The van der Waals surface area contributed by atoms with Crippen molar-refractivity contribution in [3.05, 3.63) is 79.8 Å². The van der Waals surface area contributed by atoms with Gasteiger partial charge in [0.05, 0.1) is 5.69 Å². The lowest BCUT2D eigenvalue weighted by molar-refractivity contribution is -0.138. The van der Waals surface area contributed by atoms with E-state index in [0.717, 1.165) is 51.2 Å². The standard InChI is InChI=1S/C28H28N4O3/c1-5-15-8-18-9-16-6-7-17(29-16)10-19-12(2)13(3)25(31-19)23-24(28(34)35)27(33)22-14(4)20(32-26(22)23)11-21(15)30-18/h6-13,24,29-32H,5H2,1-4H3,(H,34,35)/b18-9-,19-10-,21-11-,25-23-/t12-,13-,24+/m0/s1. The summed E-state index contributed by atoms with van der Waals surface area (Å²) >= 11 is 0. The fraction of sp³-hybridized carbons (Fsp3) is 0.286. The van der Waals surface area contributed by atoms with Crippen molar-refractivity contribution in [1.82, 2.24) is 20.3 Å². The summed E-state index contributed by atoms with van der Waals surface area (Å²) < 4.78 is 0. The molecule has 6 rings (SSSR count). The SMILES string of the molecule is CCc1c/c2[nH]/c1=C\c1[nH]c3c(c1C)C(=O)[C@H](C(=O)O)/C3=C1/N/C(=C\c3ccc([nH]3)\C=2)[C@@H](C)[C@@H]1C. The highest BCUT2D eigenvalue weighted by atomic mass is 16.4. The molecular formula is C28H28N4O3. The van der Waals surface area contributed by atoms with Gasteiger partial charge in [0, 0.05) is 62.1 Å². The molecule has 1 saturated heterocycles. The van der Waals surface area contributed by atoms with Gasteiger partial charge in [-0.3, -0.25) is 9.59 Å². The van der Waals surface area contributed by atoms with Crippen LogP contribution in [0.4, 0.5) is 0 Å². The first-order valence-electron chi connectivity index (χ1n) is 12.1. The van der Waals surface area contributed by atoms with Crippen LogP contribution < -0.4 is 16.0 Å². The van der Waals surface area contributed by atoms with Gasteiger partial charge in [-0.05, 0) is 60.9 Å². The summed E-state index contributed by atoms with van der Waals surface area (Å²) in [6.45, 7) is 8.21. The Kier molecular flexibility index (Phi) is 4.61. The Morgan fingerprint density at radius 2 is 1.77 bits per heavy atom. The van der Waals surface area contributed by atoms with Crippen LogP contribution in [0.1, 0.15) is 65.0 Å². The molecule has 2 aliphatic heterocycles. The third-order valence-electron chi connectivity index (χ3n) is 7.84. The molecule has 178 valence electrons. The summed E-state index contributed by atoms with van der Waals surface area (Å²) in [5.74, 6) is -2.52. The number of hydrogen-bond donors (Lipinski definition) is 5. The van der Waals surface area contributed by atoms with Crippen molar-refractivity contribution in [2.75, 3.05) is 0 Å². The van der Waals surface area contributed by atoms with Crippen molar-refractivity contribution in [2.45, 2.75) is 34.1 Å². The van der Waals surface area contributed by atoms with Gasteiger partial charge >= 0.3 is 5.97 Å². The smallest absolute Gasteiger partial charge is 0.319 e. The average molecular weight is 469 g/mol. The Morgan fingerprint density at radius 3 is 2.49 bits per heavy atom. The minimum Gasteiger partial charge on any atom is -0.480 e. The Labute approximate surface area is 202 Å². The second-order valence-electron chi connectivity index (χ2n) is 9.85. The summed E-state index contributed by atoms with van der Waals surface area (Å²) in [5, 5.41) is 15.5. The zero-order chi connectivity index (χ0) is 24.6. The summed E-state index contributed by atoms with van der Waals surface area (Å²) in [4.78, 5) is 36.2. The van der Waals surface area contributed by atoms with E-state index < -0.39 is 11.9 Å². The van der Waals surface area contributed by atoms with E-state index in [2.05, 4.69) is 59.3 Å². The predicted molar refractivity (Wildman–Crippen MR) is 135 cm³/mol. The molecule has 0 saturated carbocycles. The van der Waals surface area contributed by atoms with Gasteiger partial charge in [-0.2, -0.15) is 0 Å². The number of allylic oxidation sites excluding steroid dienone is 2. The van der Waals surface area contributed by atoms with E-state index in [-0.39, 0.29) is 17.6 Å². The number of aromatic amines is 3. The van der Waals surface area contributed by atoms with Crippen molar-refractivity contribution in [3.8, 4) is 0 Å². The number of carboxylic acids is 1. The minimum atomic E-state index is -1.21. The number of aliphatic carboxylic acids is 1. The van der Waals surface area contributed by atoms with Crippen LogP contribution in [0.5, 0.6) is 0 Å². The maximum atomic E-state index is 13.4. The van der Waals surface area contributed by atoms with Crippen LogP contribution in [0, 0.1) is 24.7 Å². The minimum absolute atomic E-state index is 0.0294. The molecule has 8 bridgehead atoms. The largest absolute Gasteiger partial charge is 0.480 e. The Morgan fingerprint density at radius 1 is 1.03 bits per heavy atom. The fourth-order valence-electron chi connectivity index (χ4n) is 5.71. The Bertz CT molecular complexity index is 1610. The molecular weight excluding hydrogens is 440 g/mol. The zero-order valence-corrected chi connectivity index (χ0v) is 20.2. The molecule has 0 spiro atoms. The fourth-order valence-corrected chi connectivity index (χ4v) is 5.71. The maximum Gasteiger partial charge on any atom is 0.319 e. The number of fused-ring (bicyclic) bond motifs is 7. The van der Waals surface area contributed by atoms with Crippen molar-refractivity contribution in [2.24, 2.45) is 17.8 Å². The molecule has 3 aromatic heterocycles. The van der Waals surface area contributed by atoms with Crippen molar-refractivity contribution < 1.29 is 14.7 Å². The molecule has 1 fully saturated rings. The number of carbonyl (C=O) groups excluding carboxylic acids is 1. The van der Waals surface area contributed by atoms with Gasteiger partial charge in [0.15, 0.2) is 5.78 Å². The first kappa shape index (κ1) is 21.5. The molecule has 7 nitrogen and oxygen atoms in total. The zero-order valence-electron chi connectivity index (χ0n) is 20.2. The number of Topliss-reactive ketones (excluding diaryl/α,β-unsaturated/α-hetero) is 1. The quantitative estimate of drug-likeness (QED) is 0.372. The maximum absolute atomic E-state index is 13.4. The molecule has 0 radical (unpaired) electrons. The van der Waals surface area contributed by atoms with Crippen LogP contribution in [0.3, 0.4) is 0 Å². The molecule has 3 aliphatic rings. The van der Waals surface area contributed by atoms with Crippen molar-refractivity contribution in [1.29, 1.82) is 0 Å². The molecule has 3 atom stereocenters. The van der Waals surface area contributed by atoms with E-state index in [0.29, 0.717) is 16.8 Å². The third-order valence-corrected chi connectivity index (χ3v) is 7.84. The summed E-state index contributed by atoms with van der Waals surface area (Å²) in [6.07, 6.45) is 7.04. The van der Waals surface area contributed by atoms with Gasteiger partial charge in [0.1, 0.15) is 5.92 Å². The molecule has 1 aliphatic carbocycles. The first-order valence-corrected chi connectivity index (χ1v) is 12.1. The van der Waals surface area contributed by atoms with Gasteiger partial charge in [-0.15, -0.1) is 0 Å². The third kappa shape index (κ3) is 3.11. The van der Waals surface area contributed by atoms with Crippen LogP contribution in [0.2, 0.25) is 0 Å². The molecule has 35 heavy (non-hydrogen) atoms. The van der Waals surface area contributed by atoms with E-state index >= 15 is 0 Å². The monoisotopic (exact) mass is 468 g/mol. The number of aryl methyl sites for hydroxylation is 1. The molecule has 0 unspecified atom stereocenters. The van der Waals surface area contributed by atoms with Crippen molar-refractivity contribution in [3.63, 3.8) is 0 Å². The van der Waals surface area contributed by atoms with Gasteiger partial charge in [0.2, 0.25) is 0 Å². The van der Waals surface area contributed by atoms with E-state index in [1.165, 1.54) is 5.56 Å². The number of aromatic nitrogens is 3. The molecule has 7 heteroatoms. The average Bonchev–Trinajstić information content (AvgIpc) is 3.59. The summed E-state index contributed by atoms with van der Waals surface area (Å²) in [5.41, 5.74) is 8.18. The number of carbonyl (C=O) groups is 2. The van der Waals surface area contributed by atoms with Gasteiger partial charge in [0.25, 0.3) is 0 Å². The lowest BCUT2D eigenvalue weighted by Crippen LogP contribution is -2.23. The first-order chi connectivity index (χ1) is 16.8. The van der Waals surface area contributed by atoms with Crippen LogP contribution in [-0.2, 0) is 11.2 Å². The van der Waals surface area contributed by atoms with Crippen LogP contribution in [0.15, 0.2) is 29.6 Å². The number of hydrogen-bond acceptors (Lipinski definition) is 3. The summed E-state index contributed by atoms with van der Waals surface area (Å²) in [7, 11) is 0. The summed E-state index contributed by atoms with van der Waals surface area (Å²) in [6, 6.07) is 6.22. The molecule has 0 amide bonds.